The minimum absolute atomic E-state index is 0.147. The zero-order chi connectivity index (χ0) is 12.8. The fourth-order valence-corrected chi connectivity index (χ4v) is 2.98. The van der Waals surface area contributed by atoms with E-state index in [0.29, 0.717) is 12.3 Å². The number of hydrogen-bond donors (Lipinski definition) is 1. The first-order valence-electron chi connectivity index (χ1n) is 6.80. The summed E-state index contributed by atoms with van der Waals surface area (Å²) < 4.78 is 0.944. The van der Waals surface area contributed by atoms with Crippen LogP contribution in [0.15, 0.2) is 28.7 Å². The first-order valence-corrected chi connectivity index (χ1v) is 7.59. The van der Waals surface area contributed by atoms with E-state index in [9.17, 15) is 4.79 Å². The van der Waals surface area contributed by atoms with Gasteiger partial charge in [-0.3, -0.25) is 4.79 Å². The van der Waals surface area contributed by atoms with Gasteiger partial charge >= 0.3 is 0 Å². The molecular formula is C15H20BrNO. The highest BCUT2D eigenvalue weighted by Crippen LogP contribution is 2.27. The number of hydrogen-bond acceptors (Lipinski definition) is 1. The van der Waals surface area contributed by atoms with Gasteiger partial charge in [0.25, 0.3) is 0 Å². The average Bonchev–Trinajstić information content (AvgIpc) is 2.61. The maximum atomic E-state index is 12.0. The standard InChI is InChI=1S/C15H20BrNO/c16-13-9-5-6-10-14(13)17-15(18)11-12-7-3-1-2-4-8-12/h5-6,9-10,12H,1-4,7-8,11H2,(H,17,18). The van der Waals surface area contributed by atoms with Gasteiger partial charge in [0.2, 0.25) is 5.91 Å². The molecule has 0 unspecified atom stereocenters. The Labute approximate surface area is 117 Å². The molecule has 1 fully saturated rings. The Hall–Kier alpha value is -0.830. The zero-order valence-corrected chi connectivity index (χ0v) is 12.2. The highest BCUT2D eigenvalue weighted by Gasteiger charge is 2.16. The molecule has 1 aliphatic rings. The van der Waals surface area contributed by atoms with Crippen LogP contribution in [0.4, 0.5) is 5.69 Å². The summed E-state index contributed by atoms with van der Waals surface area (Å²) in [5, 5.41) is 2.99. The van der Waals surface area contributed by atoms with Crippen molar-refractivity contribution in [3.8, 4) is 0 Å². The maximum absolute atomic E-state index is 12.0. The fourth-order valence-electron chi connectivity index (χ4n) is 2.59. The summed E-state index contributed by atoms with van der Waals surface area (Å²) in [7, 11) is 0. The number of para-hydroxylation sites is 1. The Morgan fingerprint density at radius 1 is 1.17 bits per heavy atom. The molecule has 1 aliphatic carbocycles. The summed E-state index contributed by atoms with van der Waals surface area (Å²) in [6.45, 7) is 0. The molecule has 0 saturated heterocycles. The lowest BCUT2D eigenvalue weighted by atomic mass is 9.96. The van der Waals surface area contributed by atoms with Crippen molar-refractivity contribution in [3.63, 3.8) is 0 Å². The van der Waals surface area contributed by atoms with Crippen LogP contribution in [0.25, 0.3) is 0 Å². The maximum Gasteiger partial charge on any atom is 0.224 e. The predicted octanol–water partition coefficient (Wildman–Crippen LogP) is 4.75. The van der Waals surface area contributed by atoms with Crippen molar-refractivity contribution < 1.29 is 4.79 Å². The van der Waals surface area contributed by atoms with Gasteiger partial charge in [-0.2, -0.15) is 0 Å². The number of carbonyl (C=O) groups excluding carboxylic acids is 1. The van der Waals surface area contributed by atoms with Crippen molar-refractivity contribution in [2.45, 2.75) is 44.9 Å². The van der Waals surface area contributed by atoms with Crippen LogP contribution in [0.3, 0.4) is 0 Å². The molecule has 3 heteroatoms. The predicted molar refractivity (Wildman–Crippen MR) is 78.6 cm³/mol. The molecule has 0 spiro atoms. The second-order valence-electron chi connectivity index (χ2n) is 5.09. The second-order valence-corrected chi connectivity index (χ2v) is 5.94. The number of rotatable bonds is 3. The summed E-state index contributed by atoms with van der Waals surface area (Å²) >= 11 is 3.45. The van der Waals surface area contributed by atoms with Crippen molar-refractivity contribution in [1.29, 1.82) is 0 Å². The molecule has 0 aliphatic heterocycles. The molecule has 1 aromatic carbocycles. The third-order valence-corrected chi connectivity index (χ3v) is 4.29. The number of carbonyl (C=O) groups is 1. The van der Waals surface area contributed by atoms with Crippen LogP contribution in [0.1, 0.15) is 44.9 Å². The number of benzene rings is 1. The summed E-state index contributed by atoms with van der Waals surface area (Å²) in [5.74, 6) is 0.726. The molecule has 1 amide bonds. The first-order chi connectivity index (χ1) is 8.75. The van der Waals surface area contributed by atoms with Crippen LogP contribution in [0, 0.1) is 5.92 Å². The van der Waals surface area contributed by atoms with Crippen LogP contribution >= 0.6 is 15.9 Å². The lowest BCUT2D eigenvalue weighted by molar-refractivity contribution is -0.117. The normalized spacial score (nSPS) is 17.2. The number of amides is 1. The van der Waals surface area contributed by atoms with E-state index in [2.05, 4.69) is 21.2 Å². The van der Waals surface area contributed by atoms with Crippen LogP contribution < -0.4 is 5.32 Å². The number of anilines is 1. The molecule has 2 rings (SSSR count). The summed E-state index contributed by atoms with van der Waals surface area (Å²) in [6, 6.07) is 7.76. The quantitative estimate of drug-likeness (QED) is 0.802. The highest BCUT2D eigenvalue weighted by atomic mass is 79.9. The van der Waals surface area contributed by atoms with Gasteiger partial charge in [-0.05, 0) is 46.8 Å². The largest absolute Gasteiger partial charge is 0.325 e. The van der Waals surface area contributed by atoms with Crippen molar-refractivity contribution in [2.24, 2.45) is 5.92 Å². The molecule has 98 valence electrons. The van der Waals surface area contributed by atoms with Gasteiger partial charge in [0.05, 0.1) is 5.69 Å². The molecule has 2 nitrogen and oxygen atoms in total. The van der Waals surface area contributed by atoms with E-state index in [4.69, 9.17) is 0 Å². The molecule has 1 aromatic rings. The minimum Gasteiger partial charge on any atom is -0.325 e. The third kappa shape index (κ3) is 4.13. The highest BCUT2D eigenvalue weighted by molar-refractivity contribution is 9.10. The van der Waals surface area contributed by atoms with Crippen molar-refractivity contribution in [1.82, 2.24) is 0 Å². The lowest BCUT2D eigenvalue weighted by Crippen LogP contribution is -2.16. The first kappa shape index (κ1) is 13.6. The Bertz CT molecular complexity index is 397. The molecule has 0 heterocycles. The summed E-state index contributed by atoms with van der Waals surface area (Å²) in [4.78, 5) is 12.0. The number of nitrogens with one attached hydrogen (secondary N) is 1. The van der Waals surface area contributed by atoms with Gasteiger partial charge in [-0.1, -0.05) is 37.8 Å². The molecule has 0 aromatic heterocycles. The van der Waals surface area contributed by atoms with Gasteiger partial charge < -0.3 is 5.32 Å². The van der Waals surface area contributed by atoms with E-state index >= 15 is 0 Å². The lowest BCUT2D eigenvalue weighted by Gasteiger charge is -2.14. The van der Waals surface area contributed by atoms with Crippen molar-refractivity contribution in [3.05, 3.63) is 28.7 Å². The van der Waals surface area contributed by atoms with Gasteiger partial charge in [-0.25, -0.2) is 0 Å². The van der Waals surface area contributed by atoms with Crippen LogP contribution in [-0.2, 0) is 4.79 Å². The monoisotopic (exact) mass is 309 g/mol. The van der Waals surface area contributed by atoms with Crippen LogP contribution in [0.5, 0.6) is 0 Å². The van der Waals surface area contributed by atoms with E-state index in [1.165, 1.54) is 38.5 Å². The van der Waals surface area contributed by atoms with E-state index in [0.717, 1.165) is 10.2 Å². The van der Waals surface area contributed by atoms with Crippen LogP contribution in [0.2, 0.25) is 0 Å². The van der Waals surface area contributed by atoms with Crippen molar-refractivity contribution in [2.75, 3.05) is 5.32 Å². The molecular weight excluding hydrogens is 290 g/mol. The van der Waals surface area contributed by atoms with Gasteiger partial charge in [-0.15, -0.1) is 0 Å². The van der Waals surface area contributed by atoms with Gasteiger partial charge in [0.15, 0.2) is 0 Å². The summed E-state index contributed by atoms with van der Waals surface area (Å²) in [6.07, 6.45) is 8.33. The Balaban J connectivity index is 1.86. The van der Waals surface area contributed by atoms with Gasteiger partial charge in [0, 0.05) is 10.9 Å². The second kappa shape index (κ2) is 6.93. The van der Waals surface area contributed by atoms with E-state index in [-0.39, 0.29) is 5.91 Å². The third-order valence-electron chi connectivity index (χ3n) is 3.60. The average molecular weight is 310 g/mol. The Kier molecular flexibility index (Phi) is 5.24. The number of halogens is 1. The molecule has 1 saturated carbocycles. The Morgan fingerprint density at radius 3 is 2.50 bits per heavy atom. The fraction of sp³-hybridized carbons (Fsp3) is 0.533. The van der Waals surface area contributed by atoms with E-state index in [1.54, 1.807) is 0 Å². The topological polar surface area (TPSA) is 29.1 Å². The van der Waals surface area contributed by atoms with Gasteiger partial charge in [0.1, 0.15) is 0 Å². The molecule has 1 N–H and O–H groups in total. The molecule has 0 radical (unpaired) electrons. The van der Waals surface area contributed by atoms with E-state index < -0.39 is 0 Å². The van der Waals surface area contributed by atoms with Crippen molar-refractivity contribution >= 4 is 27.5 Å². The molecule has 0 atom stereocenters. The molecule has 18 heavy (non-hydrogen) atoms. The summed E-state index contributed by atoms with van der Waals surface area (Å²) in [5.41, 5.74) is 0.871. The van der Waals surface area contributed by atoms with Crippen LogP contribution in [-0.4, -0.2) is 5.91 Å². The molecule has 0 bridgehead atoms. The zero-order valence-electron chi connectivity index (χ0n) is 10.6. The SMILES string of the molecule is O=C(CC1CCCCCC1)Nc1ccccc1Br. The van der Waals surface area contributed by atoms with E-state index in [1.807, 2.05) is 24.3 Å². The Morgan fingerprint density at radius 2 is 1.83 bits per heavy atom. The minimum atomic E-state index is 0.147. The smallest absolute Gasteiger partial charge is 0.224 e.